The minimum absolute atomic E-state index is 0.247. The number of aromatic hydroxyl groups is 6. The molecule has 1 atom stereocenters. The van der Waals surface area contributed by atoms with Crippen LogP contribution in [0.1, 0.15) is 24.0 Å². The normalized spacial score (nSPS) is 12.2. The van der Waals surface area contributed by atoms with E-state index >= 15 is 0 Å². The van der Waals surface area contributed by atoms with Crippen molar-refractivity contribution in [2.45, 2.75) is 19.3 Å². The van der Waals surface area contributed by atoms with Crippen LogP contribution in [0.15, 0.2) is 24.3 Å². The van der Waals surface area contributed by atoms with Gasteiger partial charge < -0.3 is 30.6 Å². The Balaban J connectivity index is 2.33. The predicted molar refractivity (Wildman–Crippen MR) is 75.0 cm³/mol. The van der Waals surface area contributed by atoms with Gasteiger partial charge in [0.25, 0.3) is 0 Å². The first kappa shape index (κ1) is 14.6. The van der Waals surface area contributed by atoms with Crippen molar-refractivity contribution in [3.63, 3.8) is 0 Å². The van der Waals surface area contributed by atoms with Gasteiger partial charge in [-0.1, -0.05) is 19.1 Å². The maximum absolute atomic E-state index is 9.83. The van der Waals surface area contributed by atoms with Gasteiger partial charge in [-0.25, -0.2) is 0 Å². The summed E-state index contributed by atoms with van der Waals surface area (Å²) in [7, 11) is 0. The van der Waals surface area contributed by atoms with Gasteiger partial charge in [0.05, 0.1) is 0 Å². The highest BCUT2D eigenvalue weighted by molar-refractivity contribution is 5.56. The van der Waals surface area contributed by atoms with Crippen LogP contribution >= 0.6 is 0 Å². The Bertz CT molecular complexity index is 680. The summed E-state index contributed by atoms with van der Waals surface area (Å²) >= 11 is 0. The molecule has 112 valence electrons. The van der Waals surface area contributed by atoms with Crippen LogP contribution in [-0.4, -0.2) is 30.6 Å². The molecule has 0 radical (unpaired) electrons. The Morgan fingerprint density at radius 2 is 1.24 bits per heavy atom. The summed E-state index contributed by atoms with van der Waals surface area (Å²) in [5.41, 5.74) is 0.766. The van der Waals surface area contributed by atoms with Crippen LogP contribution < -0.4 is 0 Å². The lowest BCUT2D eigenvalue weighted by molar-refractivity contribution is 0.360. The number of rotatable bonds is 3. The molecule has 2 aromatic rings. The van der Waals surface area contributed by atoms with Crippen molar-refractivity contribution in [1.29, 1.82) is 0 Å². The van der Waals surface area contributed by atoms with Gasteiger partial charge >= 0.3 is 0 Å². The fourth-order valence-corrected chi connectivity index (χ4v) is 2.20. The molecule has 0 aromatic heterocycles. The van der Waals surface area contributed by atoms with E-state index in [0.717, 1.165) is 0 Å². The van der Waals surface area contributed by atoms with E-state index in [9.17, 15) is 30.6 Å². The Kier molecular flexibility index (Phi) is 3.71. The number of phenols is 6. The van der Waals surface area contributed by atoms with Crippen molar-refractivity contribution in [2.75, 3.05) is 0 Å². The maximum atomic E-state index is 9.83. The Labute approximate surface area is 120 Å². The predicted octanol–water partition coefficient (Wildman–Crippen LogP) is 2.27. The molecule has 0 aliphatic heterocycles. The molecule has 21 heavy (non-hydrogen) atoms. The number of phenolic OH excluding ortho intramolecular Hbond substituents is 6. The fraction of sp³-hybridized carbons (Fsp3) is 0.200. The molecule has 0 heterocycles. The van der Waals surface area contributed by atoms with Crippen LogP contribution in [0.25, 0.3) is 0 Å². The average molecular weight is 292 g/mol. The smallest absolute Gasteiger partial charge is 0.200 e. The van der Waals surface area contributed by atoms with Gasteiger partial charge in [0.15, 0.2) is 23.0 Å². The van der Waals surface area contributed by atoms with Gasteiger partial charge in [0.1, 0.15) is 0 Å². The highest BCUT2D eigenvalue weighted by Crippen LogP contribution is 2.43. The topological polar surface area (TPSA) is 121 Å². The molecular formula is C15H16O6. The highest BCUT2D eigenvalue weighted by atomic mass is 16.3. The number of hydrogen-bond acceptors (Lipinski definition) is 6. The third-order valence-corrected chi connectivity index (χ3v) is 3.43. The summed E-state index contributed by atoms with van der Waals surface area (Å²) in [5, 5.41) is 57.2. The van der Waals surface area contributed by atoms with Gasteiger partial charge in [-0.05, 0) is 30.0 Å². The summed E-state index contributed by atoms with van der Waals surface area (Å²) < 4.78 is 0. The quantitative estimate of drug-likeness (QED) is 0.483. The zero-order chi connectivity index (χ0) is 15.7. The largest absolute Gasteiger partial charge is 0.504 e. The summed E-state index contributed by atoms with van der Waals surface area (Å²) in [4.78, 5) is 0. The van der Waals surface area contributed by atoms with Gasteiger partial charge in [-0.15, -0.1) is 0 Å². The molecule has 0 spiro atoms. The zero-order valence-corrected chi connectivity index (χ0v) is 11.3. The van der Waals surface area contributed by atoms with Gasteiger partial charge in [0.2, 0.25) is 11.5 Å². The van der Waals surface area contributed by atoms with E-state index in [4.69, 9.17) is 0 Å². The molecule has 0 saturated heterocycles. The second-order valence-corrected chi connectivity index (χ2v) is 4.92. The lowest BCUT2D eigenvalue weighted by Gasteiger charge is -2.16. The molecule has 0 fully saturated rings. The van der Waals surface area contributed by atoms with E-state index in [2.05, 4.69) is 0 Å². The van der Waals surface area contributed by atoms with Gasteiger partial charge in [-0.3, -0.25) is 0 Å². The van der Waals surface area contributed by atoms with E-state index in [-0.39, 0.29) is 12.3 Å². The van der Waals surface area contributed by atoms with Crippen LogP contribution in [-0.2, 0) is 6.42 Å². The molecule has 2 aromatic carbocycles. The van der Waals surface area contributed by atoms with Crippen LogP contribution in [0.5, 0.6) is 34.5 Å². The molecule has 0 saturated carbocycles. The van der Waals surface area contributed by atoms with E-state index in [1.807, 2.05) is 0 Å². The Hall–Kier alpha value is -2.76. The van der Waals surface area contributed by atoms with E-state index < -0.39 is 34.5 Å². The molecule has 1 unspecified atom stereocenters. The van der Waals surface area contributed by atoms with Gasteiger partial charge in [-0.2, -0.15) is 0 Å². The van der Waals surface area contributed by atoms with E-state index in [1.165, 1.54) is 24.3 Å². The standard InChI is InChI=1S/C15H16O6/c1-7(9-3-5-11(17)15(21)13(9)19)6-8-2-4-10(16)14(20)12(8)18/h2-5,7,16-21H,6H2,1H3. The minimum atomic E-state index is -0.600. The second kappa shape index (κ2) is 5.32. The van der Waals surface area contributed by atoms with Crippen molar-refractivity contribution in [3.05, 3.63) is 35.4 Å². The number of benzene rings is 2. The first-order chi connectivity index (χ1) is 9.82. The molecule has 0 amide bonds. The van der Waals surface area contributed by atoms with Gasteiger partial charge in [0, 0.05) is 5.56 Å². The van der Waals surface area contributed by atoms with E-state index in [1.54, 1.807) is 6.92 Å². The summed E-state index contributed by atoms with van der Waals surface area (Å²) in [6.45, 7) is 1.74. The van der Waals surface area contributed by atoms with Crippen molar-refractivity contribution in [2.24, 2.45) is 0 Å². The monoisotopic (exact) mass is 292 g/mol. The molecule has 6 heteroatoms. The maximum Gasteiger partial charge on any atom is 0.200 e. The molecule has 2 rings (SSSR count). The van der Waals surface area contributed by atoms with Crippen molar-refractivity contribution < 1.29 is 30.6 Å². The molecule has 6 N–H and O–H groups in total. The van der Waals surface area contributed by atoms with Crippen LogP contribution in [0.4, 0.5) is 0 Å². The SMILES string of the molecule is CC(Cc1ccc(O)c(O)c1O)c1ccc(O)c(O)c1O. The summed E-state index contributed by atoms with van der Waals surface area (Å²) in [6.07, 6.45) is 0.247. The zero-order valence-electron chi connectivity index (χ0n) is 11.3. The fourth-order valence-electron chi connectivity index (χ4n) is 2.20. The van der Waals surface area contributed by atoms with Crippen molar-refractivity contribution >= 4 is 0 Å². The van der Waals surface area contributed by atoms with E-state index in [0.29, 0.717) is 11.1 Å². The molecule has 0 aliphatic rings. The molecule has 6 nitrogen and oxygen atoms in total. The molecular weight excluding hydrogens is 276 g/mol. The average Bonchev–Trinajstić information content (AvgIpc) is 2.45. The third-order valence-electron chi connectivity index (χ3n) is 3.43. The lowest BCUT2D eigenvalue weighted by Crippen LogP contribution is -1.99. The second-order valence-electron chi connectivity index (χ2n) is 4.92. The first-order valence-corrected chi connectivity index (χ1v) is 6.29. The number of hydrogen-bond donors (Lipinski definition) is 6. The highest BCUT2D eigenvalue weighted by Gasteiger charge is 2.19. The Morgan fingerprint density at radius 1 is 0.714 bits per heavy atom. The lowest BCUT2D eigenvalue weighted by atomic mass is 9.92. The summed E-state index contributed by atoms with van der Waals surface area (Å²) in [5.74, 6) is -3.21. The molecule has 0 bridgehead atoms. The van der Waals surface area contributed by atoms with Crippen LogP contribution in [0.3, 0.4) is 0 Å². The van der Waals surface area contributed by atoms with Crippen molar-refractivity contribution in [1.82, 2.24) is 0 Å². The third kappa shape index (κ3) is 2.60. The van der Waals surface area contributed by atoms with Crippen LogP contribution in [0.2, 0.25) is 0 Å². The minimum Gasteiger partial charge on any atom is -0.504 e. The summed E-state index contributed by atoms with van der Waals surface area (Å²) in [6, 6.07) is 5.44. The first-order valence-electron chi connectivity index (χ1n) is 6.29. The molecule has 0 aliphatic carbocycles. The Morgan fingerprint density at radius 3 is 1.86 bits per heavy atom. The van der Waals surface area contributed by atoms with Crippen LogP contribution in [0, 0.1) is 0 Å². The van der Waals surface area contributed by atoms with Crippen molar-refractivity contribution in [3.8, 4) is 34.5 Å².